The number of rotatable bonds is 0. The molecule has 1 aliphatic carbocycles. The van der Waals surface area contributed by atoms with Gasteiger partial charge in [0.05, 0.1) is 0 Å². The van der Waals surface area contributed by atoms with Gasteiger partial charge in [0.1, 0.15) is 0 Å². The van der Waals surface area contributed by atoms with Gasteiger partial charge in [0.25, 0.3) is 0 Å². The van der Waals surface area contributed by atoms with Crippen LogP contribution in [0.1, 0.15) is 12.8 Å². The monoisotopic (exact) mass is 148 g/mol. The summed E-state index contributed by atoms with van der Waals surface area (Å²) in [6, 6.07) is 0. The SMILES string of the molecule is NC1=C2C=CCNC2=CCC1. The van der Waals surface area contributed by atoms with Crippen molar-refractivity contribution in [2.45, 2.75) is 12.8 Å². The molecule has 0 saturated heterocycles. The van der Waals surface area contributed by atoms with Gasteiger partial charge in [-0.3, -0.25) is 0 Å². The highest BCUT2D eigenvalue weighted by molar-refractivity contribution is 5.46. The molecule has 2 aliphatic rings. The lowest BCUT2D eigenvalue weighted by Crippen LogP contribution is -2.22. The van der Waals surface area contributed by atoms with Crippen molar-refractivity contribution in [3.8, 4) is 0 Å². The van der Waals surface area contributed by atoms with Gasteiger partial charge in [0.2, 0.25) is 0 Å². The van der Waals surface area contributed by atoms with E-state index in [2.05, 4.69) is 23.5 Å². The first-order valence-electron chi connectivity index (χ1n) is 3.97. The van der Waals surface area contributed by atoms with Crippen molar-refractivity contribution in [3.63, 3.8) is 0 Å². The fourth-order valence-electron chi connectivity index (χ4n) is 1.50. The van der Waals surface area contributed by atoms with E-state index in [-0.39, 0.29) is 0 Å². The van der Waals surface area contributed by atoms with Crippen LogP contribution in [-0.4, -0.2) is 6.54 Å². The lowest BCUT2D eigenvalue weighted by Gasteiger charge is -2.21. The molecule has 0 radical (unpaired) electrons. The molecule has 2 rings (SSSR count). The molecule has 1 heterocycles. The van der Waals surface area contributed by atoms with E-state index in [1.54, 1.807) is 0 Å². The first-order chi connectivity index (χ1) is 5.38. The topological polar surface area (TPSA) is 38.0 Å². The molecule has 3 N–H and O–H groups in total. The van der Waals surface area contributed by atoms with Gasteiger partial charge in [-0.05, 0) is 12.8 Å². The van der Waals surface area contributed by atoms with Gasteiger partial charge in [-0.15, -0.1) is 0 Å². The molecule has 2 heteroatoms. The van der Waals surface area contributed by atoms with E-state index in [1.807, 2.05) is 0 Å². The molecule has 0 spiro atoms. The van der Waals surface area contributed by atoms with Gasteiger partial charge in [-0.1, -0.05) is 18.2 Å². The second kappa shape index (κ2) is 2.46. The quantitative estimate of drug-likeness (QED) is 0.538. The van der Waals surface area contributed by atoms with Crippen molar-refractivity contribution >= 4 is 0 Å². The van der Waals surface area contributed by atoms with E-state index in [1.165, 1.54) is 11.3 Å². The molecule has 0 fully saturated rings. The summed E-state index contributed by atoms with van der Waals surface area (Å²) in [5, 5.41) is 3.29. The zero-order chi connectivity index (χ0) is 7.68. The summed E-state index contributed by atoms with van der Waals surface area (Å²) in [5.74, 6) is 0. The maximum absolute atomic E-state index is 5.84. The van der Waals surface area contributed by atoms with Gasteiger partial charge in [-0.2, -0.15) is 0 Å². The number of nitrogens with two attached hydrogens (primary N) is 1. The van der Waals surface area contributed by atoms with E-state index in [4.69, 9.17) is 5.73 Å². The molecule has 0 saturated carbocycles. The molecule has 2 nitrogen and oxygen atoms in total. The average molecular weight is 148 g/mol. The Morgan fingerprint density at radius 3 is 3.18 bits per heavy atom. The van der Waals surface area contributed by atoms with Gasteiger partial charge in [0.15, 0.2) is 0 Å². The normalized spacial score (nSPS) is 22.4. The zero-order valence-electron chi connectivity index (χ0n) is 6.43. The Kier molecular flexibility index (Phi) is 1.46. The van der Waals surface area contributed by atoms with Crippen LogP contribution < -0.4 is 11.1 Å². The second-order valence-electron chi connectivity index (χ2n) is 2.88. The number of hydrogen-bond acceptors (Lipinski definition) is 2. The van der Waals surface area contributed by atoms with E-state index >= 15 is 0 Å². The Hall–Kier alpha value is -1.18. The van der Waals surface area contributed by atoms with Gasteiger partial charge in [0, 0.05) is 23.5 Å². The summed E-state index contributed by atoms with van der Waals surface area (Å²) >= 11 is 0. The fraction of sp³-hybridized carbons (Fsp3) is 0.333. The third-order valence-corrected chi connectivity index (χ3v) is 2.09. The first kappa shape index (κ1) is 6.53. The van der Waals surface area contributed by atoms with E-state index < -0.39 is 0 Å². The molecule has 0 atom stereocenters. The van der Waals surface area contributed by atoms with E-state index in [0.29, 0.717) is 0 Å². The fourth-order valence-corrected chi connectivity index (χ4v) is 1.50. The molecular formula is C9H12N2. The number of nitrogens with one attached hydrogen (secondary N) is 1. The van der Waals surface area contributed by atoms with Crippen molar-refractivity contribution < 1.29 is 0 Å². The smallest absolute Gasteiger partial charge is 0.0393 e. The maximum Gasteiger partial charge on any atom is 0.0393 e. The Balaban J connectivity index is 2.42. The Morgan fingerprint density at radius 2 is 2.36 bits per heavy atom. The molecule has 0 aromatic heterocycles. The predicted molar refractivity (Wildman–Crippen MR) is 45.7 cm³/mol. The summed E-state index contributed by atoms with van der Waals surface area (Å²) in [4.78, 5) is 0. The highest BCUT2D eigenvalue weighted by Gasteiger charge is 2.12. The molecule has 0 aromatic carbocycles. The molecule has 58 valence electrons. The van der Waals surface area contributed by atoms with Crippen molar-refractivity contribution in [3.05, 3.63) is 35.2 Å². The van der Waals surface area contributed by atoms with Crippen LogP contribution in [0, 0.1) is 0 Å². The zero-order valence-corrected chi connectivity index (χ0v) is 6.43. The second-order valence-corrected chi connectivity index (χ2v) is 2.88. The standard InChI is InChI=1S/C9H12N2/c10-8-4-1-5-9-7(8)3-2-6-11-9/h2-3,5,11H,1,4,6,10H2. The van der Waals surface area contributed by atoms with Gasteiger partial charge < -0.3 is 11.1 Å². The molecule has 0 bridgehead atoms. The largest absolute Gasteiger partial charge is 0.401 e. The van der Waals surface area contributed by atoms with Crippen LogP contribution in [0.15, 0.2) is 35.2 Å². The van der Waals surface area contributed by atoms with Crippen molar-refractivity contribution in [2.75, 3.05) is 6.54 Å². The van der Waals surface area contributed by atoms with Crippen LogP contribution >= 0.6 is 0 Å². The lowest BCUT2D eigenvalue weighted by molar-refractivity contribution is 0.822. The van der Waals surface area contributed by atoms with Crippen molar-refractivity contribution in [1.82, 2.24) is 5.32 Å². The summed E-state index contributed by atoms with van der Waals surface area (Å²) in [6.45, 7) is 0.933. The number of hydrogen-bond donors (Lipinski definition) is 2. The average Bonchev–Trinajstić information content (AvgIpc) is 2.06. The highest BCUT2D eigenvalue weighted by Crippen LogP contribution is 2.22. The summed E-state index contributed by atoms with van der Waals surface area (Å²) in [5.41, 5.74) is 9.27. The Bertz CT molecular complexity index is 259. The highest BCUT2D eigenvalue weighted by atomic mass is 14.9. The molecule has 0 aromatic rings. The molecule has 0 unspecified atom stereocenters. The molecule has 1 aliphatic heterocycles. The minimum absolute atomic E-state index is 0.933. The lowest BCUT2D eigenvalue weighted by atomic mass is 9.98. The van der Waals surface area contributed by atoms with Gasteiger partial charge >= 0.3 is 0 Å². The van der Waals surface area contributed by atoms with Crippen LogP contribution in [0.3, 0.4) is 0 Å². The van der Waals surface area contributed by atoms with Crippen LogP contribution in [0.4, 0.5) is 0 Å². The molecular weight excluding hydrogens is 136 g/mol. The number of allylic oxidation sites excluding steroid dienone is 3. The Labute approximate surface area is 66.5 Å². The minimum atomic E-state index is 0.933. The summed E-state index contributed by atoms with van der Waals surface area (Å²) in [6.07, 6.45) is 8.51. The summed E-state index contributed by atoms with van der Waals surface area (Å²) in [7, 11) is 0. The predicted octanol–water partition coefficient (Wildman–Crippen LogP) is 1.04. The Morgan fingerprint density at radius 1 is 1.45 bits per heavy atom. The van der Waals surface area contributed by atoms with Gasteiger partial charge in [-0.25, -0.2) is 0 Å². The molecule has 0 amide bonds. The number of fused-ring (bicyclic) bond motifs is 1. The molecule has 11 heavy (non-hydrogen) atoms. The third kappa shape index (κ3) is 1.04. The summed E-state index contributed by atoms with van der Waals surface area (Å²) < 4.78 is 0. The first-order valence-corrected chi connectivity index (χ1v) is 3.97. The van der Waals surface area contributed by atoms with Crippen molar-refractivity contribution in [2.24, 2.45) is 5.73 Å². The van der Waals surface area contributed by atoms with E-state index in [0.717, 1.165) is 25.1 Å². The van der Waals surface area contributed by atoms with Crippen LogP contribution in [0.25, 0.3) is 0 Å². The van der Waals surface area contributed by atoms with E-state index in [9.17, 15) is 0 Å². The van der Waals surface area contributed by atoms with Crippen LogP contribution in [0.5, 0.6) is 0 Å². The minimum Gasteiger partial charge on any atom is -0.401 e. The van der Waals surface area contributed by atoms with Crippen LogP contribution in [-0.2, 0) is 0 Å². The third-order valence-electron chi connectivity index (χ3n) is 2.09. The van der Waals surface area contributed by atoms with Crippen LogP contribution in [0.2, 0.25) is 0 Å². The maximum atomic E-state index is 5.84. The van der Waals surface area contributed by atoms with Crippen molar-refractivity contribution in [1.29, 1.82) is 0 Å².